The van der Waals surface area contributed by atoms with Gasteiger partial charge in [0.05, 0.1) is 6.61 Å². The van der Waals surface area contributed by atoms with Gasteiger partial charge in [-0.1, -0.05) is 15.9 Å². The fourth-order valence-electron chi connectivity index (χ4n) is 1.20. The predicted octanol–water partition coefficient (Wildman–Crippen LogP) is 3.34. The van der Waals surface area contributed by atoms with Gasteiger partial charge < -0.3 is 4.74 Å². The molecule has 1 rings (SSSR count). The first-order valence-electron chi connectivity index (χ1n) is 4.74. The summed E-state index contributed by atoms with van der Waals surface area (Å²) in [5.74, 6) is 0.835. The van der Waals surface area contributed by atoms with E-state index in [1.54, 1.807) is 18.2 Å². The van der Waals surface area contributed by atoms with Crippen LogP contribution in [0.15, 0.2) is 23.1 Å². The highest BCUT2D eigenvalue weighted by Gasteiger charge is 2.07. The minimum absolute atomic E-state index is 0.116. The van der Waals surface area contributed by atoms with Crippen LogP contribution in [0.25, 0.3) is 0 Å². The number of ketones is 1. The highest BCUT2D eigenvalue weighted by molar-refractivity contribution is 9.09. The fraction of sp³-hybridized carbons (Fsp3) is 0.364. The van der Waals surface area contributed by atoms with Crippen molar-refractivity contribution >= 4 is 34.3 Å². The van der Waals surface area contributed by atoms with E-state index in [2.05, 4.69) is 28.6 Å². The van der Waals surface area contributed by atoms with E-state index in [0.29, 0.717) is 28.8 Å². The molecular weight excluding hydrogens is 276 g/mol. The molecule has 4 heteroatoms. The van der Waals surface area contributed by atoms with E-state index < -0.39 is 0 Å². The zero-order chi connectivity index (χ0) is 11.3. The summed E-state index contributed by atoms with van der Waals surface area (Å²) in [5, 5.41) is 0.681. The molecule has 0 saturated heterocycles. The molecule has 82 valence electrons. The van der Waals surface area contributed by atoms with Crippen LogP contribution in [-0.4, -0.2) is 17.7 Å². The molecule has 0 aliphatic carbocycles. The second-order valence-electron chi connectivity index (χ2n) is 2.98. The SMILES string of the molecule is CCOc1ccc(C(=O)CCBr)cc1S. The third-order valence-electron chi connectivity index (χ3n) is 1.90. The summed E-state index contributed by atoms with van der Waals surface area (Å²) in [6.07, 6.45) is 0.501. The molecule has 15 heavy (non-hydrogen) atoms. The van der Waals surface area contributed by atoms with Crippen molar-refractivity contribution in [2.75, 3.05) is 11.9 Å². The van der Waals surface area contributed by atoms with Gasteiger partial charge >= 0.3 is 0 Å². The van der Waals surface area contributed by atoms with Crippen molar-refractivity contribution in [1.82, 2.24) is 0 Å². The predicted molar refractivity (Wildman–Crippen MR) is 67.6 cm³/mol. The zero-order valence-electron chi connectivity index (χ0n) is 8.50. The first kappa shape index (κ1) is 12.6. The maximum absolute atomic E-state index is 11.6. The van der Waals surface area contributed by atoms with Crippen LogP contribution in [0, 0.1) is 0 Å². The van der Waals surface area contributed by atoms with Crippen LogP contribution in [-0.2, 0) is 0 Å². The molecular formula is C11H13BrO2S. The number of alkyl halides is 1. The molecule has 0 radical (unpaired) electrons. The molecule has 0 saturated carbocycles. The molecule has 0 bridgehead atoms. The third kappa shape index (κ3) is 3.54. The van der Waals surface area contributed by atoms with Crippen LogP contribution in [0.1, 0.15) is 23.7 Å². The van der Waals surface area contributed by atoms with Gasteiger partial charge in [0.1, 0.15) is 5.75 Å². The van der Waals surface area contributed by atoms with Crippen molar-refractivity contribution in [2.45, 2.75) is 18.2 Å². The molecule has 0 N–H and O–H groups in total. The van der Waals surface area contributed by atoms with E-state index in [0.717, 1.165) is 5.75 Å². The number of hydrogen-bond acceptors (Lipinski definition) is 3. The Bertz CT molecular complexity index is 352. The second-order valence-corrected chi connectivity index (χ2v) is 4.25. The average Bonchev–Trinajstić information content (AvgIpc) is 2.21. The first-order chi connectivity index (χ1) is 7.19. The van der Waals surface area contributed by atoms with Crippen molar-refractivity contribution in [1.29, 1.82) is 0 Å². The number of carbonyl (C=O) groups excluding carboxylic acids is 1. The number of thiol groups is 1. The molecule has 0 aliphatic rings. The van der Waals surface area contributed by atoms with E-state index in [4.69, 9.17) is 4.74 Å². The molecule has 0 aromatic heterocycles. The maximum Gasteiger partial charge on any atom is 0.163 e. The molecule has 0 amide bonds. The normalized spacial score (nSPS) is 10.1. The van der Waals surface area contributed by atoms with Crippen molar-refractivity contribution < 1.29 is 9.53 Å². The number of benzene rings is 1. The van der Waals surface area contributed by atoms with Crippen LogP contribution in [0.2, 0.25) is 0 Å². The molecule has 0 spiro atoms. The van der Waals surface area contributed by atoms with Crippen LogP contribution >= 0.6 is 28.6 Å². The van der Waals surface area contributed by atoms with E-state index >= 15 is 0 Å². The Labute approximate surface area is 104 Å². The summed E-state index contributed by atoms with van der Waals surface area (Å²) in [6, 6.07) is 5.31. The topological polar surface area (TPSA) is 26.3 Å². The standard InChI is InChI=1S/C11H13BrO2S/c1-2-14-10-4-3-8(7-11(10)15)9(13)5-6-12/h3-4,7,15H,2,5-6H2,1H3. The molecule has 1 aromatic rings. The highest BCUT2D eigenvalue weighted by atomic mass is 79.9. The number of halogens is 1. The summed E-state index contributed by atoms with van der Waals surface area (Å²) >= 11 is 7.52. The van der Waals surface area contributed by atoms with Crippen LogP contribution in [0.3, 0.4) is 0 Å². The van der Waals surface area contributed by atoms with Crippen molar-refractivity contribution in [3.63, 3.8) is 0 Å². The summed E-state index contributed by atoms with van der Waals surface area (Å²) in [4.78, 5) is 12.3. The van der Waals surface area contributed by atoms with Gasteiger partial charge in [-0.05, 0) is 25.1 Å². The lowest BCUT2D eigenvalue weighted by molar-refractivity contribution is 0.0989. The lowest BCUT2D eigenvalue weighted by atomic mass is 10.1. The molecule has 0 atom stereocenters. The van der Waals surface area contributed by atoms with Gasteiger partial charge in [-0.25, -0.2) is 0 Å². The van der Waals surface area contributed by atoms with Gasteiger partial charge in [0.15, 0.2) is 5.78 Å². The molecule has 2 nitrogen and oxygen atoms in total. The largest absolute Gasteiger partial charge is 0.493 e. The van der Waals surface area contributed by atoms with Crippen LogP contribution in [0.5, 0.6) is 5.75 Å². The van der Waals surface area contributed by atoms with Crippen molar-refractivity contribution in [3.05, 3.63) is 23.8 Å². The molecule has 0 heterocycles. The molecule has 0 unspecified atom stereocenters. The second kappa shape index (κ2) is 6.18. The van der Waals surface area contributed by atoms with Crippen LogP contribution < -0.4 is 4.74 Å². The summed E-state index contributed by atoms with van der Waals surface area (Å²) < 4.78 is 5.33. The Morgan fingerprint density at radius 1 is 1.53 bits per heavy atom. The molecule has 0 aliphatic heterocycles. The molecule has 1 aromatic carbocycles. The smallest absolute Gasteiger partial charge is 0.163 e. The number of rotatable bonds is 5. The van der Waals surface area contributed by atoms with E-state index in [1.165, 1.54) is 0 Å². The Hall–Kier alpha value is -0.480. The monoisotopic (exact) mass is 288 g/mol. The minimum atomic E-state index is 0.116. The minimum Gasteiger partial charge on any atom is -0.493 e. The quantitative estimate of drug-likeness (QED) is 0.511. The van der Waals surface area contributed by atoms with Crippen molar-refractivity contribution in [2.24, 2.45) is 0 Å². The van der Waals surface area contributed by atoms with Crippen molar-refractivity contribution in [3.8, 4) is 5.75 Å². The van der Waals surface area contributed by atoms with Gasteiger partial charge in [-0.15, -0.1) is 12.6 Å². The van der Waals surface area contributed by atoms with E-state index in [-0.39, 0.29) is 5.78 Å². The Balaban J connectivity index is 2.86. The Morgan fingerprint density at radius 3 is 2.80 bits per heavy atom. The fourth-order valence-corrected chi connectivity index (χ4v) is 1.84. The van der Waals surface area contributed by atoms with E-state index in [1.807, 2.05) is 6.92 Å². The average molecular weight is 289 g/mol. The van der Waals surface area contributed by atoms with Gasteiger partial charge in [-0.3, -0.25) is 4.79 Å². The maximum atomic E-state index is 11.6. The van der Waals surface area contributed by atoms with Gasteiger partial charge in [0, 0.05) is 22.2 Å². The number of Topliss-reactive ketones (excluding diaryl/α,β-unsaturated/α-hetero) is 1. The summed E-state index contributed by atoms with van der Waals surface area (Å²) in [5.41, 5.74) is 0.683. The number of carbonyl (C=O) groups is 1. The Morgan fingerprint density at radius 2 is 2.27 bits per heavy atom. The van der Waals surface area contributed by atoms with Crippen LogP contribution in [0.4, 0.5) is 0 Å². The van der Waals surface area contributed by atoms with Gasteiger partial charge in [0.25, 0.3) is 0 Å². The summed E-state index contributed by atoms with van der Waals surface area (Å²) in [6.45, 7) is 2.51. The molecule has 0 fully saturated rings. The van der Waals surface area contributed by atoms with E-state index in [9.17, 15) is 4.79 Å². The zero-order valence-corrected chi connectivity index (χ0v) is 11.0. The highest BCUT2D eigenvalue weighted by Crippen LogP contribution is 2.24. The first-order valence-corrected chi connectivity index (χ1v) is 6.31. The Kier molecular flexibility index (Phi) is 5.19. The van der Waals surface area contributed by atoms with Gasteiger partial charge in [-0.2, -0.15) is 0 Å². The lowest BCUT2D eigenvalue weighted by Gasteiger charge is -2.07. The lowest BCUT2D eigenvalue weighted by Crippen LogP contribution is -2.00. The third-order valence-corrected chi connectivity index (χ3v) is 2.65. The number of ether oxygens (including phenoxy) is 1. The van der Waals surface area contributed by atoms with Gasteiger partial charge in [0.2, 0.25) is 0 Å². The summed E-state index contributed by atoms with van der Waals surface area (Å²) in [7, 11) is 0. The number of hydrogen-bond donors (Lipinski definition) is 1.